The summed E-state index contributed by atoms with van der Waals surface area (Å²) in [5.41, 5.74) is 4.34. The minimum atomic E-state index is -1.89. The molecule has 5 aliphatic rings. The summed E-state index contributed by atoms with van der Waals surface area (Å²) in [7, 11) is 5.87. The second-order valence-electron chi connectivity index (χ2n) is 21.0. The number of thioether (sulfide) groups is 1. The highest BCUT2D eigenvalue weighted by atomic mass is 35.5. The maximum Gasteiger partial charge on any atom is 0.409 e. The van der Waals surface area contributed by atoms with Crippen LogP contribution in [-0.4, -0.2) is 168 Å². The Morgan fingerprint density at radius 3 is 2.46 bits per heavy atom. The minimum absolute atomic E-state index is 0.00468. The van der Waals surface area contributed by atoms with Gasteiger partial charge in [-0.1, -0.05) is 42.3 Å². The van der Waals surface area contributed by atoms with E-state index in [0.29, 0.717) is 69.3 Å². The van der Waals surface area contributed by atoms with Gasteiger partial charge >= 0.3 is 18.0 Å². The smallest absolute Gasteiger partial charge is 0.409 e. The Hall–Kier alpha value is -5.26. The number of hydrogen-bond acceptors (Lipinski definition) is 16. The number of fused-ring (bicyclic) bond motifs is 5. The number of carboxylic acids is 1. The molecular formula is C53H75ClN6O15S. The molecule has 0 aromatic heterocycles. The third-order valence-corrected chi connectivity index (χ3v) is 17.2. The minimum Gasteiger partial charge on any atom is -0.495 e. The number of ether oxygens (including phenoxy) is 5. The Labute approximate surface area is 453 Å². The molecular weight excluding hydrogens is 1030 g/mol. The van der Waals surface area contributed by atoms with Crippen molar-refractivity contribution in [2.24, 2.45) is 23.5 Å². The number of nitrogens with zero attached hydrogens (tertiary/aromatic N) is 3. The van der Waals surface area contributed by atoms with E-state index in [1.807, 2.05) is 13.0 Å². The molecule has 3 saturated heterocycles. The Morgan fingerprint density at radius 1 is 1.08 bits per heavy atom. The van der Waals surface area contributed by atoms with Crippen molar-refractivity contribution in [1.82, 2.24) is 20.4 Å². The third-order valence-electron chi connectivity index (χ3n) is 15.6. The predicted octanol–water partition coefficient (Wildman–Crippen LogP) is 4.27. The van der Waals surface area contributed by atoms with Gasteiger partial charge in [0.1, 0.15) is 46.8 Å². The van der Waals surface area contributed by atoms with Crippen molar-refractivity contribution < 1.29 is 72.3 Å². The number of nitrogens with two attached hydrogens (primary N) is 1. The molecule has 420 valence electrons. The van der Waals surface area contributed by atoms with Gasteiger partial charge in [0.2, 0.25) is 29.5 Å². The number of methoxy groups -OCH3 is 2. The number of alkyl carbamates (subject to hydrolysis) is 1. The van der Waals surface area contributed by atoms with Crippen LogP contribution in [0, 0.1) is 17.8 Å². The van der Waals surface area contributed by atoms with Gasteiger partial charge in [-0.05, 0) is 95.8 Å². The first-order chi connectivity index (χ1) is 35.9. The van der Waals surface area contributed by atoms with Crippen LogP contribution < -0.4 is 26.0 Å². The van der Waals surface area contributed by atoms with Gasteiger partial charge in [-0.15, -0.1) is 11.8 Å². The van der Waals surface area contributed by atoms with Crippen molar-refractivity contribution in [1.29, 1.82) is 0 Å². The van der Waals surface area contributed by atoms with E-state index in [0.717, 1.165) is 11.1 Å². The molecule has 4 heterocycles. The molecule has 6 amide bonds. The SMILES string of the molecule is COc1cc2cc(c1Cl)N(C)C(=O)CC(OC(=O)[C@H](C)N(C)C(=O)CCSC1CC(=O)N(CC3CCC(C(=O)NCCCC[C@H](N)C(=O)O)CC3)C1=O)[C@]1(C)O[C@H]1[C@H](C)[C@@H]1C[C@@](O)(NC(=O)O1)[C@H](OC)C=CC=C(C)C2. The fourth-order valence-corrected chi connectivity index (χ4v) is 11.9. The number of allylic oxidation sites excluding steroid dienone is 3. The maximum atomic E-state index is 14.4. The highest BCUT2D eigenvalue weighted by molar-refractivity contribution is 8.00. The number of carbonyl (C=O) groups excluding carboxylic acids is 7. The Bertz CT molecular complexity index is 2420. The number of likely N-dealkylation sites (N-methyl/N-ethyl adjacent to an activating group) is 1. The number of benzene rings is 1. The van der Waals surface area contributed by atoms with E-state index in [2.05, 4.69) is 10.6 Å². The van der Waals surface area contributed by atoms with Gasteiger partial charge in [-0.2, -0.15) is 0 Å². The fraction of sp³-hybridized carbons (Fsp3) is 0.660. The largest absolute Gasteiger partial charge is 0.495 e. The van der Waals surface area contributed by atoms with Crippen LogP contribution in [0.2, 0.25) is 5.02 Å². The van der Waals surface area contributed by atoms with Gasteiger partial charge in [0, 0.05) is 71.1 Å². The zero-order valence-corrected chi connectivity index (χ0v) is 46.2. The molecule has 4 aliphatic heterocycles. The lowest BCUT2D eigenvalue weighted by atomic mass is 9.81. The number of aliphatic hydroxyl groups is 1. The van der Waals surface area contributed by atoms with Crippen molar-refractivity contribution in [3.8, 4) is 5.75 Å². The fourth-order valence-electron chi connectivity index (χ4n) is 10.5. The molecule has 0 spiro atoms. The molecule has 76 heavy (non-hydrogen) atoms. The quantitative estimate of drug-likeness (QED) is 0.0594. The number of epoxide rings is 1. The van der Waals surface area contributed by atoms with Crippen LogP contribution in [0.25, 0.3) is 0 Å². The van der Waals surface area contributed by atoms with Gasteiger partial charge in [-0.3, -0.25) is 39.0 Å². The number of anilines is 1. The molecule has 4 bridgehead atoms. The summed E-state index contributed by atoms with van der Waals surface area (Å²) >= 11 is 8.02. The highest BCUT2D eigenvalue weighted by Gasteiger charge is 2.64. The summed E-state index contributed by atoms with van der Waals surface area (Å²) in [6, 6.07) is 1.47. The molecule has 1 aromatic carbocycles. The Balaban J connectivity index is 1.07. The number of carbonyl (C=O) groups is 8. The van der Waals surface area contributed by atoms with Crippen LogP contribution in [0.15, 0.2) is 35.9 Å². The van der Waals surface area contributed by atoms with Crippen LogP contribution in [0.1, 0.15) is 104 Å². The number of amides is 6. The van der Waals surface area contributed by atoms with E-state index in [-0.39, 0.29) is 66.1 Å². The normalized spacial score (nSPS) is 29.8. The average molecular weight is 1100 g/mol. The van der Waals surface area contributed by atoms with E-state index >= 15 is 0 Å². The Morgan fingerprint density at radius 2 is 1.79 bits per heavy atom. The molecule has 2 unspecified atom stereocenters. The van der Waals surface area contributed by atoms with Gasteiger partial charge in [0.25, 0.3) is 0 Å². The van der Waals surface area contributed by atoms with Gasteiger partial charge in [0.15, 0.2) is 5.72 Å². The number of esters is 1. The van der Waals surface area contributed by atoms with Crippen molar-refractivity contribution in [2.75, 3.05) is 52.1 Å². The van der Waals surface area contributed by atoms with E-state index < -0.39 is 95.3 Å². The topological polar surface area (TPSA) is 286 Å². The molecule has 21 nitrogen and oxygen atoms in total. The summed E-state index contributed by atoms with van der Waals surface area (Å²) < 4.78 is 29.5. The lowest BCUT2D eigenvalue weighted by Gasteiger charge is -2.42. The number of carboxylic acid groups (broad SMARTS) is 1. The third kappa shape index (κ3) is 14.5. The Kier molecular flexibility index (Phi) is 20.5. The monoisotopic (exact) mass is 1100 g/mol. The predicted molar refractivity (Wildman–Crippen MR) is 281 cm³/mol. The molecule has 0 radical (unpaired) electrons. The van der Waals surface area contributed by atoms with E-state index in [4.69, 9.17) is 46.1 Å². The van der Waals surface area contributed by atoms with Gasteiger partial charge in [0.05, 0.1) is 30.6 Å². The number of rotatable bonds is 18. The average Bonchev–Trinajstić information content (AvgIpc) is 4.01. The second-order valence-corrected chi connectivity index (χ2v) is 22.7. The van der Waals surface area contributed by atoms with Crippen LogP contribution in [-0.2, 0) is 58.9 Å². The number of likely N-dealkylation sites (tertiary alicyclic amines) is 1. The van der Waals surface area contributed by atoms with Crippen LogP contribution in [0.5, 0.6) is 5.75 Å². The molecule has 10 atom stereocenters. The number of hydrogen-bond donors (Lipinski definition) is 5. The van der Waals surface area contributed by atoms with Crippen LogP contribution >= 0.6 is 23.4 Å². The van der Waals surface area contributed by atoms with E-state index in [1.54, 1.807) is 45.2 Å². The first kappa shape index (κ1) is 60.0. The van der Waals surface area contributed by atoms with Crippen molar-refractivity contribution in [3.63, 3.8) is 0 Å². The summed E-state index contributed by atoms with van der Waals surface area (Å²) in [5.74, 6) is -3.68. The molecule has 1 aromatic rings. The maximum absolute atomic E-state index is 14.4. The van der Waals surface area contributed by atoms with E-state index in [9.17, 15) is 43.5 Å². The number of aliphatic carboxylic acids is 1. The number of unbranched alkanes of at least 4 members (excludes halogenated alkanes) is 1. The summed E-state index contributed by atoms with van der Waals surface area (Å²) in [4.78, 5) is 109. The molecule has 1 saturated carbocycles. The lowest BCUT2D eigenvalue weighted by Crippen LogP contribution is -2.63. The van der Waals surface area contributed by atoms with Crippen LogP contribution in [0.4, 0.5) is 10.5 Å². The first-order valence-electron chi connectivity index (χ1n) is 26.0. The summed E-state index contributed by atoms with van der Waals surface area (Å²) in [6.07, 6.45) is 4.40. The van der Waals surface area contributed by atoms with Crippen LogP contribution in [0.3, 0.4) is 0 Å². The highest BCUT2D eigenvalue weighted by Crippen LogP contribution is 2.49. The zero-order valence-electron chi connectivity index (χ0n) is 44.7. The summed E-state index contributed by atoms with van der Waals surface area (Å²) in [5, 5.41) is 25.7. The van der Waals surface area contributed by atoms with Gasteiger partial charge in [-0.25, -0.2) is 9.59 Å². The zero-order chi connectivity index (χ0) is 55.8. The first-order valence-corrected chi connectivity index (χ1v) is 27.4. The molecule has 6 rings (SSSR count). The number of nitrogens with one attached hydrogen (secondary N) is 2. The molecule has 4 fully saturated rings. The molecule has 6 N–H and O–H groups in total. The van der Waals surface area contributed by atoms with Crippen molar-refractivity contribution >= 4 is 76.6 Å². The second kappa shape index (κ2) is 25.9. The number of imide groups is 1. The standard InChI is InChI=1S/C53H75ClN6O15S/c1-29-12-11-14-40(72-8)53(70)27-38(73-51(69)57-53)30(2)46-52(4,75-46)41(26-43(62)59(6)36-23-33(22-29)24-37(71-7)45(36)54)74-50(68)31(3)58(5)42(61)19-21-76-39-25-44(63)60(48(39)65)28-32-15-17-34(18-16-32)47(64)56-20-10-9-13-35(55)49(66)67/h11-12,14,23-24,30-32,34-35,38-41,46,70H,9-10,13,15-22,25-28,55H2,1-8H3,(H,56,64)(H,57,69)(H,66,67)/t30-,31+,32?,34?,35+,38+,39?,40-,41?,46+,52+,53+/m1/s1. The van der Waals surface area contributed by atoms with Crippen molar-refractivity contribution in [3.05, 3.63) is 46.5 Å². The number of halogens is 1. The van der Waals surface area contributed by atoms with E-state index in [1.165, 1.54) is 54.7 Å². The van der Waals surface area contributed by atoms with Gasteiger partial charge < -0.3 is 54.7 Å². The summed E-state index contributed by atoms with van der Waals surface area (Å²) in [6.45, 7) is 7.53. The molecule has 23 heteroatoms. The lowest BCUT2D eigenvalue weighted by molar-refractivity contribution is -0.162. The molecule has 1 aliphatic carbocycles. The van der Waals surface area contributed by atoms with Crippen molar-refractivity contribution in [2.45, 2.75) is 158 Å².